The van der Waals surface area contributed by atoms with Crippen LogP contribution in [0.5, 0.6) is 0 Å². The van der Waals surface area contributed by atoms with Gasteiger partial charge >= 0.3 is 0 Å². The van der Waals surface area contributed by atoms with Gasteiger partial charge in [0.1, 0.15) is 5.71 Å². The summed E-state index contributed by atoms with van der Waals surface area (Å²) in [6, 6.07) is 16.0. The second-order valence-electron chi connectivity index (χ2n) is 5.10. The summed E-state index contributed by atoms with van der Waals surface area (Å²) in [6.45, 7) is 0. The van der Waals surface area contributed by atoms with Gasteiger partial charge in [-0.25, -0.2) is 0 Å². The number of hydrogen-bond donors (Lipinski definition) is 2. The molecule has 0 aliphatic carbocycles. The first-order valence-corrected chi connectivity index (χ1v) is 7.99. The van der Waals surface area contributed by atoms with Crippen molar-refractivity contribution >= 4 is 52.6 Å². The quantitative estimate of drug-likeness (QED) is 0.654. The first kappa shape index (κ1) is 18.4. The molecule has 2 N–H and O–H groups in total. The lowest BCUT2D eigenvalue weighted by Crippen LogP contribution is -2.23. The van der Waals surface area contributed by atoms with Gasteiger partial charge in [0.05, 0.1) is 17.1 Å². The predicted octanol–water partition coefficient (Wildman–Crippen LogP) is 4.83. The van der Waals surface area contributed by atoms with E-state index in [9.17, 15) is 4.79 Å². The van der Waals surface area contributed by atoms with Crippen LogP contribution in [0.2, 0.25) is 5.02 Å². The van der Waals surface area contributed by atoms with Gasteiger partial charge in [-0.15, -0.1) is 0 Å². The summed E-state index contributed by atoms with van der Waals surface area (Å²) in [7, 11) is 0. The number of hydrogen-bond acceptors (Lipinski definition) is 5. The molecule has 0 atom stereocenters. The van der Waals surface area contributed by atoms with E-state index in [2.05, 4.69) is 9.98 Å². The molecule has 5 nitrogen and oxygen atoms in total. The molecule has 0 saturated heterocycles. The third-order valence-corrected chi connectivity index (χ3v) is 3.44. The fourth-order valence-corrected chi connectivity index (χ4v) is 2.20. The fourth-order valence-electron chi connectivity index (χ4n) is 2.01. The molecule has 0 aliphatic rings. The number of Topliss-reactive ketones (excluding diaryl/α,β-unsaturated/α-hetero) is 1. The first-order valence-electron chi connectivity index (χ1n) is 7.62. The minimum Gasteiger partial charge on any atom is -0.313 e. The van der Waals surface area contributed by atoms with E-state index in [1.54, 1.807) is 36.4 Å². The van der Waals surface area contributed by atoms with Gasteiger partial charge in [0.15, 0.2) is 5.78 Å². The van der Waals surface area contributed by atoms with Gasteiger partial charge in [0.2, 0.25) is 0 Å². The zero-order valence-electron chi connectivity index (χ0n) is 13.4. The Hall–Kier alpha value is -2.92. The van der Waals surface area contributed by atoms with Crippen LogP contribution in [0.15, 0.2) is 64.6 Å². The Kier molecular flexibility index (Phi) is 6.92. The summed E-state index contributed by atoms with van der Waals surface area (Å²) >= 11 is 5.88. The highest BCUT2D eigenvalue weighted by Gasteiger charge is 2.14. The highest BCUT2D eigenvalue weighted by Crippen LogP contribution is 2.17. The lowest BCUT2D eigenvalue weighted by molar-refractivity contribution is -0.111. The molecule has 6 heteroatoms. The molecular formula is C19H17ClN4O. The minimum absolute atomic E-state index is 0.0167. The Labute approximate surface area is 151 Å². The van der Waals surface area contributed by atoms with Crippen LogP contribution in [-0.4, -0.2) is 29.6 Å². The zero-order chi connectivity index (χ0) is 18.1. The molecular weight excluding hydrogens is 336 g/mol. The monoisotopic (exact) mass is 352 g/mol. The van der Waals surface area contributed by atoms with E-state index in [-0.39, 0.29) is 24.3 Å². The number of nitrogens with zero attached hydrogens (tertiary/aromatic N) is 2. The number of carbonyl (C=O) groups excluding carboxylic acids is 1. The van der Waals surface area contributed by atoms with E-state index in [4.69, 9.17) is 22.4 Å². The molecule has 0 amide bonds. The standard InChI is InChI=1S/C19H17ClN4O/c20-14-5-4-8-16(13-14)23-12-10-18(25)19(22)17(9-11-21)24-15-6-2-1-3-7-15/h1-8,11-13,21-22H,9-10H2. The smallest absolute Gasteiger partial charge is 0.187 e. The molecule has 0 unspecified atom stereocenters. The average Bonchev–Trinajstić information content (AvgIpc) is 2.61. The third kappa shape index (κ3) is 5.90. The minimum atomic E-state index is -0.401. The van der Waals surface area contributed by atoms with Crippen LogP contribution < -0.4 is 0 Å². The van der Waals surface area contributed by atoms with E-state index in [0.717, 1.165) is 6.21 Å². The zero-order valence-corrected chi connectivity index (χ0v) is 14.2. The summed E-state index contributed by atoms with van der Waals surface area (Å²) < 4.78 is 0. The lowest BCUT2D eigenvalue weighted by atomic mass is 10.1. The summed E-state index contributed by atoms with van der Waals surface area (Å²) in [4.78, 5) is 20.7. The van der Waals surface area contributed by atoms with Crippen molar-refractivity contribution in [1.29, 1.82) is 10.8 Å². The van der Waals surface area contributed by atoms with Crippen LogP contribution in [0, 0.1) is 10.8 Å². The number of para-hydroxylation sites is 1. The molecule has 0 spiro atoms. The van der Waals surface area contributed by atoms with Crippen molar-refractivity contribution in [2.45, 2.75) is 12.8 Å². The van der Waals surface area contributed by atoms with Crippen molar-refractivity contribution in [3.05, 3.63) is 59.6 Å². The van der Waals surface area contributed by atoms with E-state index < -0.39 is 5.78 Å². The summed E-state index contributed by atoms with van der Waals surface area (Å²) in [6.07, 6.45) is 2.69. The Morgan fingerprint density at radius 3 is 2.44 bits per heavy atom. The largest absolute Gasteiger partial charge is 0.313 e. The van der Waals surface area contributed by atoms with Crippen LogP contribution in [0.3, 0.4) is 0 Å². The molecule has 0 aromatic heterocycles. The van der Waals surface area contributed by atoms with Crippen LogP contribution >= 0.6 is 11.6 Å². The molecule has 0 bridgehead atoms. The number of ketones is 1. The van der Waals surface area contributed by atoms with E-state index in [1.807, 2.05) is 18.2 Å². The third-order valence-electron chi connectivity index (χ3n) is 3.21. The Bertz CT molecular complexity index is 828. The maximum Gasteiger partial charge on any atom is 0.187 e. The molecule has 2 aromatic rings. The highest BCUT2D eigenvalue weighted by atomic mass is 35.5. The number of aliphatic imine (C=N–C) groups is 2. The average molecular weight is 353 g/mol. The first-order chi connectivity index (χ1) is 12.1. The van der Waals surface area contributed by atoms with Gasteiger partial charge in [0, 0.05) is 30.3 Å². The van der Waals surface area contributed by atoms with Gasteiger partial charge < -0.3 is 5.41 Å². The van der Waals surface area contributed by atoms with Crippen molar-refractivity contribution in [3.63, 3.8) is 0 Å². The van der Waals surface area contributed by atoms with Crippen LogP contribution in [0.25, 0.3) is 0 Å². The maximum atomic E-state index is 12.2. The molecule has 0 saturated carbocycles. The summed E-state index contributed by atoms with van der Waals surface area (Å²) in [5, 5.41) is 15.9. The number of benzene rings is 2. The van der Waals surface area contributed by atoms with Crippen LogP contribution in [0.4, 0.5) is 11.4 Å². The van der Waals surface area contributed by atoms with Gasteiger partial charge in [-0.2, -0.15) is 0 Å². The SMILES string of the molecule is N=CCC(=Nc1ccccc1)C(=N)C(=O)CC=Nc1cccc(Cl)c1. The number of nitrogens with one attached hydrogen (secondary N) is 2. The molecule has 25 heavy (non-hydrogen) atoms. The summed E-state index contributed by atoms with van der Waals surface area (Å²) in [5.41, 5.74) is 1.35. The normalized spacial score (nSPS) is 11.5. The van der Waals surface area contributed by atoms with Crippen LogP contribution in [0.1, 0.15) is 12.8 Å². The second-order valence-corrected chi connectivity index (χ2v) is 5.53. The van der Waals surface area contributed by atoms with Gasteiger partial charge in [-0.3, -0.25) is 20.2 Å². The predicted molar refractivity (Wildman–Crippen MR) is 104 cm³/mol. The topological polar surface area (TPSA) is 89.5 Å². The van der Waals surface area contributed by atoms with Gasteiger partial charge in [-0.1, -0.05) is 35.9 Å². The maximum absolute atomic E-state index is 12.2. The molecule has 2 rings (SSSR count). The molecule has 0 aliphatic heterocycles. The van der Waals surface area contributed by atoms with E-state index in [0.29, 0.717) is 16.4 Å². The summed E-state index contributed by atoms with van der Waals surface area (Å²) in [5.74, 6) is -0.401. The molecule has 0 heterocycles. The Balaban J connectivity index is 2.07. The molecule has 0 fully saturated rings. The Morgan fingerprint density at radius 2 is 1.76 bits per heavy atom. The van der Waals surface area contributed by atoms with E-state index >= 15 is 0 Å². The number of rotatable bonds is 8. The van der Waals surface area contributed by atoms with Crippen molar-refractivity contribution in [3.8, 4) is 0 Å². The van der Waals surface area contributed by atoms with Crippen molar-refractivity contribution in [1.82, 2.24) is 0 Å². The van der Waals surface area contributed by atoms with Crippen LogP contribution in [-0.2, 0) is 4.79 Å². The molecule has 0 radical (unpaired) electrons. The van der Waals surface area contributed by atoms with Crippen molar-refractivity contribution in [2.75, 3.05) is 0 Å². The Morgan fingerprint density at radius 1 is 1.04 bits per heavy atom. The number of carbonyl (C=O) groups is 1. The van der Waals surface area contributed by atoms with Gasteiger partial charge in [-0.05, 0) is 30.3 Å². The second kappa shape index (κ2) is 9.39. The number of halogens is 1. The fraction of sp³-hybridized carbons (Fsp3) is 0.105. The van der Waals surface area contributed by atoms with Crippen molar-refractivity contribution in [2.24, 2.45) is 9.98 Å². The molecule has 2 aromatic carbocycles. The lowest BCUT2D eigenvalue weighted by Gasteiger charge is -2.04. The molecule has 126 valence electrons. The highest BCUT2D eigenvalue weighted by molar-refractivity contribution is 6.68. The van der Waals surface area contributed by atoms with Gasteiger partial charge in [0.25, 0.3) is 0 Å². The van der Waals surface area contributed by atoms with Crippen molar-refractivity contribution < 1.29 is 4.79 Å². The van der Waals surface area contributed by atoms with E-state index in [1.165, 1.54) is 6.21 Å².